The van der Waals surface area contributed by atoms with Crippen molar-refractivity contribution in [2.45, 2.75) is 13.8 Å². The number of benzene rings is 2. The summed E-state index contributed by atoms with van der Waals surface area (Å²) in [6, 6.07) is 12.3. The second kappa shape index (κ2) is 9.48. The van der Waals surface area contributed by atoms with Gasteiger partial charge in [-0.2, -0.15) is 0 Å². The molecule has 0 aromatic heterocycles. The number of amides is 4. The molecule has 0 radical (unpaired) electrons. The molecule has 2 aromatic rings. The van der Waals surface area contributed by atoms with Gasteiger partial charge in [0.25, 0.3) is 17.1 Å². The highest BCUT2D eigenvalue weighted by atomic mass is 32.2. The van der Waals surface area contributed by atoms with E-state index in [9.17, 15) is 19.2 Å². The fourth-order valence-electron chi connectivity index (χ4n) is 2.94. The first-order valence-corrected chi connectivity index (χ1v) is 10.2. The number of nitrogens with two attached hydrogens (primary N) is 1. The first kappa shape index (κ1) is 22.1. The second-order valence-electron chi connectivity index (χ2n) is 6.93. The summed E-state index contributed by atoms with van der Waals surface area (Å²) in [5.74, 6) is -1.33. The number of hydrogen-bond acceptors (Lipinski definition) is 6. The Balaban J connectivity index is 1.72. The summed E-state index contributed by atoms with van der Waals surface area (Å²) < 4.78 is 5.35. The fourth-order valence-corrected chi connectivity index (χ4v) is 3.77. The van der Waals surface area contributed by atoms with E-state index in [0.717, 1.165) is 27.8 Å². The van der Waals surface area contributed by atoms with Crippen molar-refractivity contribution in [1.29, 1.82) is 0 Å². The molecule has 9 heteroatoms. The van der Waals surface area contributed by atoms with Gasteiger partial charge in [-0.15, -0.1) is 0 Å². The van der Waals surface area contributed by atoms with Crippen LogP contribution in [0.3, 0.4) is 0 Å². The minimum absolute atomic E-state index is 0.152. The summed E-state index contributed by atoms with van der Waals surface area (Å²) in [7, 11) is 0. The third-order valence-corrected chi connectivity index (χ3v) is 5.31. The van der Waals surface area contributed by atoms with Crippen LogP contribution in [0, 0.1) is 13.8 Å². The number of para-hydroxylation sites is 1. The number of thioether (sulfide) groups is 1. The molecule has 0 unspecified atom stereocenters. The monoisotopic (exact) mass is 439 g/mol. The summed E-state index contributed by atoms with van der Waals surface area (Å²) in [4.78, 5) is 49.5. The number of nitrogens with zero attached hydrogens (tertiary/aromatic N) is 1. The fraction of sp³-hybridized carbons (Fsp3) is 0.182. The van der Waals surface area contributed by atoms with Gasteiger partial charge in [-0.3, -0.25) is 24.1 Å². The molecule has 1 aliphatic rings. The maximum absolute atomic E-state index is 12.7. The van der Waals surface area contributed by atoms with E-state index in [1.165, 1.54) is 6.08 Å². The molecule has 1 heterocycles. The number of aryl methyl sites for hydroxylation is 2. The summed E-state index contributed by atoms with van der Waals surface area (Å²) in [6.07, 6.45) is 1.49. The lowest BCUT2D eigenvalue weighted by Crippen LogP contribution is -2.36. The van der Waals surface area contributed by atoms with Crippen molar-refractivity contribution >= 4 is 46.5 Å². The van der Waals surface area contributed by atoms with Gasteiger partial charge in [0.1, 0.15) is 12.3 Å². The summed E-state index contributed by atoms with van der Waals surface area (Å²) in [6.45, 7) is 3.10. The number of carbonyl (C=O) groups excluding carboxylic acids is 4. The van der Waals surface area contributed by atoms with Crippen molar-refractivity contribution in [2.24, 2.45) is 5.73 Å². The van der Waals surface area contributed by atoms with Gasteiger partial charge in [0, 0.05) is 11.3 Å². The Morgan fingerprint density at radius 1 is 1.16 bits per heavy atom. The molecule has 3 N–H and O–H groups in total. The zero-order valence-electron chi connectivity index (χ0n) is 17.0. The number of nitrogens with one attached hydrogen (secondary N) is 1. The van der Waals surface area contributed by atoms with E-state index >= 15 is 0 Å². The molecule has 3 rings (SSSR count). The lowest BCUT2D eigenvalue weighted by Gasteiger charge is -2.14. The van der Waals surface area contributed by atoms with E-state index in [1.54, 1.807) is 30.3 Å². The van der Waals surface area contributed by atoms with E-state index < -0.39 is 29.5 Å². The second-order valence-corrected chi connectivity index (χ2v) is 7.92. The van der Waals surface area contributed by atoms with Gasteiger partial charge in [0.05, 0.1) is 4.91 Å². The van der Waals surface area contributed by atoms with Crippen molar-refractivity contribution in [3.63, 3.8) is 0 Å². The Morgan fingerprint density at radius 2 is 1.90 bits per heavy atom. The Bertz CT molecular complexity index is 1100. The van der Waals surface area contributed by atoms with Crippen LogP contribution < -0.4 is 15.8 Å². The first-order valence-electron chi connectivity index (χ1n) is 9.37. The minimum Gasteiger partial charge on any atom is -0.483 e. The molecule has 0 spiro atoms. The predicted molar refractivity (Wildman–Crippen MR) is 118 cm³/mol. The predicted octanol–water partition coefficient (Wildman–Crippen LogP) is 2.84. The smallest absolute Gasteiger partial charge is 0.294 e. The van der Waals surface area contributed by atoms with Gasteiger partial charge in [-0.05, 0) is 49.4 Å². The Kier molecular flexibility index (Phi) is 6.76. The normalized spacial score (nSPS) is 14.8. The molecule has 0 bridgehead atoms. The lowest BCUT2D eigenvalue weighted by atomic mass is 10.1. The molecule has 1 fully saturated rings. The molecule has 8 nitrogen and oxygen atoms in total. The number of hydrogen-bond donors (Lipinski definition) is 2. The largest absolute Gasteiger partial charge is 0.483 e. The van der Waals surface area contributed by atoms with Crippen LogP contribution >= 0.6 is 11.8 Å². The average molecular weight is 439 g/mol. The number of primary amides is 1. The van der Waals surface area contributed by atoms with Crippen molar-refractivity contribution in [3.05, 3.63) is 64.1 Å². The summed E-state index contributed by atoms with van der Waals surface area (Å²) >= 11 is 0.734. The molecule has 2 aromatic carbocycles. The number of anilines is 1. The maximum Gasteiger partial charge on any atom is 0.294 e. The molecule has 4 amide bonds. The van der Waals surface area contributed by atoms with Crippen LogP contribution in [0.25, 0.3) is 6.08 Å². The number of imide groups is 1. The Hall–Kier alpha value is -3.59. The highest BCUT2D eigenvalue weighted by Gasteiger charge is 2.36. The van der Waals surface area contributed by atoms with Crippen LogP contribution in [-0.2, 0) is 14.4 Å². The van der Waals surface area contributed by atoms with E-state index in [1.807, 2.05) is 26.0 Å². The van der Waals surface area contributed by atoms with Crippen molar-refractivity contribution in [1.82, 2.24) is 4.90 Å². The van der Waals surface area contributed by atoms with Crippen LogP contribution in [0.15, 0.2) is 47.4 Å². The molecular formula is C22H21N3O5S. The third kappa shape index (κ3) is 5.52. The summed E-state index contributed by atoms with van der Waals surface area (Å²) in [5.41, 5.74) is 8.18. The van der Waals surface area contributed by atoms with Crippen LogP contribution in [0.4, 0.5) is 10.5 Å². The van der Waals surface area contributed by atoms with Crippen LogP contribution in [0.5, 0.6) is 5.75 Å². The zero-order chi connectivity index (χ0) is 22.5. The Morgan fingerprint density at radius 3 is 2.61 bits per heavy atom. The molecule has 0 atom stereocenters. The minimum atomic E-state index is -0.634. The molecule has 1 aliphatic heterocycles. The molecule has 0 aliphatic carbocycles. The number of carbonyl (C=O) groups is 4. The molecule has 1 saturated heterocycles. The standard InChI is InChI=1S/C22H21N3O5S/c1-13-7-8-16(14(2)9-13)24-20(27)11-25-21(28)18(31-22(25)29)10-15-5-3-4-6-17(15)30-12-19(23)26/h3-10H,11-12H2,1-2H3,(H2,23,26)(H,24,27)/b18-10+. The molecule has 160 valence electrons. The third-order valence-electron chi connectivity index (χ3n) is 4.41. The van der Waals surface area contributed by atoms with Crippen LogP contribution in [0.1, 0.15) is 16.7 Å². The lowest BCUT2D eigenvalue weighted by molar-refractivity contribution is -0.127. The number of rotatable bonds is 7. The van der Waals surface area contributed by atoms with Gasteiger partial charge in [0.2, 0.25) is 5.91 Å². The van der Waals surface area contributed by atoms with Gasteiger partial charge in [-0.25, -0.2) is 0 Å². The van der Waals surface area contributed by atoms with Crippen LogP contribution in [-0.4, -0.2) is 41.0 Å². The SMILES string of the molecule is Cc1ccc(NC(=O)CN2C(=O)S/C(=C/c3ccccc3OCC(N)=O)C2=O)c(C)c1. The first-order chi connectivity index (χ1) is 14.7. The highest BCUT2D eigenvalue weighted by Crippen LogP contribution is 2.34. The van der Waals surface area contributed by atoms with Gasteiger partial charge in [-0.1, -0.05) is 35.9 Å². The van der Waals surface area contributed by atoms with Crippen LogP contribution in [0.2, 0.25) is 0 Å². The van der Waals surface area contributed by atoms with Gasteiger partial charge >= 0.3 is 0 Å². The average Bonchev–Trinajstić information content (AvgIpc) is 2.97. The van der Waals surface area contributed by atoms with Crippen molar-refractivity contribution < 1.29 is 23.9 Å². The summed E-state index contributed by atoms with van der Waals surface area (Å²) in [5, 5.41) is 2.19. The number of ether oxygens (including phenoxy) is 1. The van der Waals surface area contributed by atoms with Crippen molar-refractivity contribution in [2.75, 3.05) is 18.5 Å². The molecule has 31 heavy (non-hydrogen) atoms. The maximum atomic E-state index is 12.7. The molecule has 0 saturated carbocycles. The van der Waals surface area contributed by atoms with E-state index in [0.29, 0.717) is 17.0 Å². The van der Waals surface area contributed by atoms with E-state index in [2.05, 4.69) is 5.32 Å². The Labute approximate surface area is 183 Å². The van der Waals surface area contributed by atoms with Gasteiger partial charge in [0.15, 0.2) is 6.61 Å². The topological polar surface area (TPSA) is 119 Å². The van der Waals surface area contributed by atoms with Crippen molar-refractivity contribution in [3.8, 4) is 5.75 Å². The van der Waals surface area contributed by atoms with Gasteiger partial charge < -0.3 is 15.8 Å². The quantitative estimate of drug-likeness (QED) is 0.641. The van der Waals surface area contributed by atoms with E-state index in [4.69, 9.17) is 10.5 Å². The zero-order valence-corrected chi connectivity index (χ0v) is 17.8. The molecular weight excluding hydrogens is 418 g/mol. The van der Waals surface area contributed by atoms with E-state index in [-0.39, 0.29) is 11.5 Å². The highest BCUT2D eigenvalue weighted by molar-refractivity contribution is 8.18.